The predicted molar refractivity (Wildman–Crippen MR) is 76.5 cm³/mol. The highest BCUT2D eigenvalue weighted by Crippen LogP contribution is 2.13. The quantitative estimate of drug-likeness (QED) is 0.595. The first kappa shape index (κ1) is 13.5. The van der Waals surface area contributed by atoms with Gasteiger partial charge in [0.15, 0.2) is 0 Å². The number of rotatable bonds is 2. The lowest BCUT2D eigenvalue weighted by atomic mass is 10.1. The Morgan fingerprint density at radius 1 is 1.50 bits per heavy atom. The van der Waals surface area contributed by atoms with Gasteiger partial charge in [0.1, 0.15) is 14.5 Å². The van der Waals surface area contributed by atoms with Crippen LogP contribution >= 0.6 is 34.2 Å². The summed E-state index contributed by atoms with van der Waals surface area (Å²) in [6, 6.07) is 4.50. The second kappa shape index (κ2) is 5.36. The molecule has 0 fully saturated rings. The average molecular weight is 379 g/mol. The van der Waals surface area contributed by atoms with Gasteiger partial charge in [-0.05, 0) is 52.8 Å². The molecule has 0 amide bonds. The highest BCUT2D eigenvalue weighted by Gasteiger charge is 2.08. The molecule has 0 saturated heterocycles. The van der Waals surface area contributed by atoms with Gasteiger partial charge in [0.25, 0.3) is 5.56 Å². The molecule has 2 rings (SSSR count). The Labute approximate surface area is 122 Å². The molecule has 0 radical (unpaired) electrons. The zero-order valence-corrected chi connectivity index (χ0v) is 12.4. The molecule has 3 nitrogen and oxygen atoms in total. The molecule has 94 valence electrons. The van der Waals surface area contributed by atoms with Crippen LogP contribution in [0.5, 0.6) is 0 Å². The molecule has 0 aliphatic heterocycles. The second-order valence-electron chi connectivity index (χ2n) is 3.85. The van der Waals surface area contributed by atoms with Crippen LogP contribution in [0.25, 0.3) is 0 Å². The van der Waals surface area contributed by atoms with Crippen molar-refractivity contribution in [1.82, 2.24) is 9.55 Å². The van der Waals surface area contributed by atoms with Gasteiger partial charge in [0.05, 0.1) is 12.9 Å². The van der Waals surface area contributed by atoms with E-state index < -0.39 is 0 Å². The predicted octanol–water partition coefficient (Wildman–Crippen LogP) is 3.00. The molecule has 0 unspecified atom stereocenters. The summed E-state index contributed by atoms with van der Waals surface area (Å²) >= 11 is 7.60. The van der Waals surface area contributed by atoms with Crippen molar-refractivity contribution in [3.8, 4) is 0 Å². The summed E-state index contributed by atoms with van der Waals surface area (Å²) < 4.78 is 14.9. The third-order valence-electron chi connectivity index (χ3n) is 2.59. The maximum atomic E-state index is 13.2. The monoisotopic (exact) mass is 378 g/mol. The summed E-state index contributed by atoms with van der Waals surface area (Å²) in [7, 11) is 0. The van der Waals surface area contributed by atoms with Gasteiger partial charge in [-0.2, -0.15) is 0 Å². The lowest BCUT2D eigenvalue weighted by molar-refractivity contribution is 0.621. The summed E-state index contributed by atoms with van der Waals surface area (Å²) in [6.45, 7) is 2.15. The number of hydrogen-bond donors (Lipinski definition) is 0. The molecular formula is C12H9ClFIN2O. The van der Waals surface area contributed by atoms with Crippen molar-refractivity contribution in [3.05, 3.63) is 60.5 Å². The van der Waals surface area contributed by atoms with Crippen LogP contribution in [-0.2, 0) is 6.54 Å². The third-order valence-corrected chi connectivity index (χ3v) is 4.17. The van der Waals surface area contributed by atoms with Crippen LogP contribution in [0.1, 0.15) is 11.1 Å². The molecule has 1 aromatic carbocycles. The Kier molecular flexibility index (Phi) is 4.01. The number of aryl methyl sites for hydroxylation is 1. The molecule has 0 N–H and O–H groups in total. The van der Waals surface area contributed by atoms with E-state index in [1.54, 1.807) is 6.07 Å². The second-order valence-corrected chi connectivity index (χ2v) is 5.29. The van der Waals surface area contributed by atoms with Crippen LogP contribution < -0.4 is 5.56 Å². The molecule has 18 heavy (non-hydrogen) atoms. The minimum Gasteiger partial charge on any atom is -0.294 e. The van der Waals surface area contributed by atoms with E-state index in [0.717, 1.165) is 11.1 Å². The SMILES string of the molecule is Cc1ccc(F)cc1Cn1cnc(Cl)c(I)c1=O. The van der Waals surface area contributed by atoms with Gasteiger partial charge in [0, 0.05) is 0 Å². The molecule has 1 heterocycles. The molecule has 0 aliphatic rings. The molecule has 6 heteroatoms. The number of halogens is 3. The van der Waals surface area contributed by atoms with Crippen molar-refractivity contribution in [2.75, 3.05) is 0 Å². The van der Waals surface area contributed by atoms with E-state index in [-0.39, 0.29) is 23.1 Å². The van der Waals surface area contributed by atoms with Crippen LogP contribution in [0.4, 0.5) is 4.39 Å². The van der Waals surface area contributed by atoms with Gasteiger partial charge in [-0.1, -0.05) is 17.7 Å². The minimum absolute atomic E-state index is 0.188. The van der Waals surface area contributed by atoms with Crippen molar-refractivity contribution in [3.63, 3.8) is 0 Å². The first-order valence-corrected chi connectivity index (χ1v) is 6.60. The van der Waals surface area contributed by atoms with E-state index >= 15 is 0 Å². The Morgan fingerprint density at radius 3 is 2.94 bits per heavy atom. The van der Waals surface area contributed by atoms with Crippen molar-refractivity contribution in [2.24, 2.45) is 0 Å². The van der Waals surface area contributed by atoms with E-state index in [1.165, 1.54) is 23.0 Å². The topological polar surface area (TPSA) is 34.9 Å². The van der Waals surface area contributed by atoms with Gasteiger partial charge in [-0.15, -0.1) is 0 Å². The van der Waals surface area contributed by atoms with Gasteiger partial charge in [0.2, 0.25) is 0 Å². The van der Waals surface area contributed by atoms with Crippen molar-refractivity contribution >= 4 is 34.2 Å². The number of aromatic nitrogens is 2. The fourth-order valence-electron chi connectivity index (χ4n) is 1.55. The fraction of sp³-hybridized carbons (Fsp3) is 0.167. The van der Waals surface area contributed by atoms with E-state index in [4.69, 9.17) is 11.6 Å². The van der Waals surface area contributed by atoms with E-state index in [0.29, 0.717) is 3.57 Å². The van der Waals surface area contributed by atoms with Crippen LogP contribution in [-0.4, -0.2) is 9.55 Å². The zero-order valence-electron chi connectivity index (χ0n) is 9.45. The van der Waals surface area contributed by atoms with Gasteiger partial charge in [-0.25, -0.2) is 9.37 Å². The summed E-state index contributed by atoms with van der Waals surface area (Å²) in [6.07, 6.45) is 1.37. The Hall–Kier alpha value is -0.950. The molecule has 0 atom stereocenters. The number of hydrogen-bond acceptors (Lipinski definition) is 2. The maximum absolute atomic E-state index is 13.2. The Morgan fingerprint density at radius 2 is 2.22 bits per heavy atom. The van der Waals surface area contributed by atoms with Gasteiger partial charge < -0.3 is 0 Å². The van der Waals surface area contributed by atoms with Gasteiger partial charge >= 0.3 is 0 Å². The first-order chi connectivity index (χ1) is 8.49. The molecule has 1 aromatic heterocycles. The summed E-state index contributed by atoms with van der Waals surface area (Å²) in [5.41, 5.74) is 1.45. The highest BCUT2D eigenvalue weighted by molar-refractivity contribution is 14.1. The molecular weight excluding hydrogens is 370 g/mol. The molecule has 0 bridgehead atoms. The standard InChI is InChI=1S/C12H9ClFIN2O/c1-7-2-3-9(14)4-8(7)5-17-6-16-11(13)10(15)12(17)18/h2-4,6H,5H2,1H3. The first-order valence-electron chi connectivity index (χ1n) is 5.14. The lowest BCUT2D eigenvalue weighted by Gasteiger charge is -2.09. The van der Waals surface area contributed by atoms with Crippen LogP contribution in [0.2, 0.25) is 5.15 Å². The van der Waals surface area contributed by atoms with E-state index in [1.807, 2.05) is 29.5 Å². The zero-order chi connectivity index (χ0) is 13.3. The summed E-state index contributed by atoms with van der Waals surface area (Å²) in [4.78, 5) is 15.8. The normalized spacial score (nSPS) is 10.7. The van der Waals surface area contributed by atoms with Gasteiger partial charge in [-0.3, -0.25) is 9.36 Å². The smallest absolute Gasteiger partial charge is 0.268 e. The fourth-order valence-corrected chi connectivity index (χ4v) is 2.12. The molecule has 0 spiro atoms. The van der Waals surface area contributed by atoms with Crippen molar-refractivity contribution in [1.29, 1.82) is 0 Å². The number of nitrogens with zero attached hydrogens (tertiary/aromatic N) is 2. The molecule has 2 aromatic rings. The Bertz CT molecular complexity index is 657. The van der Waals surface area contributed by atoms with Crippen LogP contribution in [0.15, 0.2) is 29.3 Å². The Balaban J connectivity index is 2.44. The van der Waals surface area contributed by atoms with Crippen LogP contribution in [0, 0.1) is 16.3 Å². The highest BCUT2D eigenvalue weighted by atomic mass is 127. The third kappa shape index (κ3) is 2.72. The lowest BCUT2D eigenvalue weighted by Crippen LogP contribution is -2.24. The van der Waals surface area contributed by atoms with E-state index in [9.17, 15) is 9.18 Å². The average Bonchev–Trinajstić information content (AvgIpc) is 2.34. The minimum atomic E-state index is -0.319. The number of benzene rings is 1. The van der Waals surface area contributed by atoms with Crippen LogP contribution in [0.3, 0.4) is 0 Å². The maximum Gasteiger partial charge on any atom is 0.268 e. The largest absolute Gasteiger partial charge is 0.294 e. The summed E-state index contributed by atoms with van der Waals surface area (Å²) in [5, 5.41) is 0.188. The summed E-state index contributed by atoms with van der Waals surface area (Å²) in [5.74, 6) is -0.319. The molecule has 0 aliphatic carbocycles. The van der Waals surface area contributed by atoms with Crippen molar-refractivity contribution in [2.45, 2.75) is 13.5 Å². The van der Waals surface area contributed by atoms with E-state index in [2.05, 4.69) is 4.98 Å². The van der Waals surface area contributed by atoms with Crippen molar-refractivity contribution < 1.29 is 4.39 Å². The molecule has 0 saturated carbocycles.